The second kappa shape index (κ2) is 4.58. The quantitative estimate of drug-likeness (QED) is 0.745. The number of nitrogens with two attached hydrogens (primary N) is 1. The van der Waals surface area contributed by atoms with Crippen LogP contribution in [-0.4, -0.2) is 6.54 Å². The summed E-state index contributed by atoms with van der Waals surface area (Å²) in [6, 6.07) is 3.65. The van der Waals surface area contributed by atoms with E-state index < -0.39 is 0 Å². The van der Waals surface area contributed by atoms with Gasteiger partial charge in [-0.2, -0.15) is 0 Å². The maximum atomic E-state index is 6.01. The molecule has 3 N–H and O–H groups in total. The number of benzene rings is 1. The highest BCUT2D eigenvalue weighted by molar-refractivity contribution is 6.36. The Morgan fingerprint density at radius 2 is 2.07 bits per heavy atom. The smallest absolute Gasteiger partial charge is 0.0655 e. The molecule has 0 saturated carbocycles. The third-order valence-corrected chi connectivity index (χ3v) is 2.76. The fourth-order valence-corrected chi connectivity index (χ4v) is 2.16. The molecular weight excluding hydrogens is 242 g/mol. The molecule has 78 valence electrons. The summed E-state index contributed by atoms with van der Waals surface area (Å²) in [5.74, 6) is 0. The minimum Gasteiger partial charge on any atom is -0.383 e. The van der Waals surface area contributed by atoms with Gasteiger partial charge in [0.2, 0.25) is 0 Å². The molecule has 0 aromatic heterocycles. The summed E-state index contributed by atoms with van der Waals surface area (Å²) in [6.45, 7) is 0.871. The van der Waals surface area contributed by atoms with E-state index in [1.165, 1.54) is 0 Å². The molecule has 2 rings (SSSR count). The lowest BCUT2D eigenvalue weighted by molar-refractivity contribution is 0.655. The highest BCUT2D eigenvalue weighted by Gasteiger charge is 2.19. The topological polar surface area (TPSA) is 38.0 Å². The van der Waals surface area contributed by atoms with Crippen LogP contribution in [0.15, 0.2) is 12.1 Å². The minimum atomic E-state index is 0. The van der Waals surface area contributed by atoms with Crippen molar-refractivity contribution in [3.05, 3.63) is 27.7 Å². The lowest BCUT2D eigenvalue weighted by Crippen LogP contribution is -2.22. The van der Waals surface area contributed by atoms with Crippen LogP contribution in [0.25, 0.3) is 0 Å². The van der Waals surface area contributed by atoms with Crippen molar-refractivity contribution in [1.29, 1.82) is 0 Å². The molecule has 0 saturated heterocycles. The van der Waals surface area contributed by atoms with Crippen LogP contribution in [0.2, 0.25) is 10.0 Å². The Balaban J connectivity index is 0.000000980. The van der Waals surface area contributed by atoms with Gasteiger partial charge in [0, 0.05) is 17.6 Å². The summed E-state index contributed by atoms with van der Waals surface area (Å²) < 4.78 is 0. The molecule has 1 heterocycles. The second-order valence-electron chi connectivity index (χ2n) is 3.17. The van der Waals surface area contributed by atoms with Crippen LogP contribution in [-0.2, 0) is 0 Å². The summed E-state index contributed by atoms with van der Waals surface area (Å²) in [5.41, 5.74) is 7.88. The van der Waals surface area contributed by atoms with Gasteiger partial charge < -0.3 is 11.1 Å². The summed E-state index contributed by atoms with van der Waals surface area (Å²) in [4.78, 5) is 0. The zero-order valence-corrected chi connectivity index (χ0v) is 9.72. The highest BCUT2D eigenvalue weighted by Crippen LogP contribution is 2.36. The molecule has 1 aromatic carbocycles. The Morgan fingerprint density at radius 3 is 2.79 bits per heavy atom. The maximum Gasteiger partial charge on any atom is 0.0655 e. The Labute approximate surface area is 99.2 Å². The number of hydrogen-bond donors (Lipinski definition) is 2. The van der Waals surface area contributed by atoms with Crippen molar-refractivity contribution in [3.63, 3.8) is 0 Å². The van der Waals surface area contributed by atoms with E-state index in [-0.39, 0.29) is 18.4 Å². The first-order valence-electron chi connectivity index (χ1n) is 4.17. The Bertz CT molecular complexity index is 341. The molecule has 0 spiro atoms. The zero-order chi connectivity index (χ0) is 9.42. The SMILES string of the molecule is Cl.N[C@@H]1CCNc2c(Cl)cc(Cl)cc21. The molecule has 1 atom stereocenters. The van der Waals surface area contributed by atoms with Gasteiger partial charge in [0.25, 0.3) is 0 Å². The van der Waals surface area contributed by atoms with Crippen LogP contribution in [0.1, 0.15) is 18.0 Å². The maximum absolute atomic E-state index is 6.01. The van der Waals surface area contributed by atoms with Gasteiger partial charge in [0.15, 0.2) is 0 Å². The average molecular weight is 254 g/mol. The van der Waals surface area contributed by atoms with E-state index in [2.05, 4.69) is 5.32 Å². The van der Waals surface area contributed by atoms with E-state index in [1.807, 2.05) is 6.07 Å². The van der Waals surface area contributed by atoms with Gasteiger partial charge >= 0.3 is 0 Å². The number of anilines is 1. The van der Waals surface area contributed by atoms with Crippen molar-refractivity contribution in [2.75, 3.05) is 11.9 Å². The third kappa shape index (κ3) is 2.09. The summed E-state index contributed by atoms with van der Waals surface area (Å²) in [5, 5.41) is 4.51. The van der Waals surface area contributed by atoms with Gasteiger partial charge in [-0.3, -0.25) is 0 Å². The molecule has 0 aliphatic carbocycles. The average Bonchev–Trinajstić information content (AvgIpc) is 2.07. The van der Waals surface area contributed by atoms with Gasteiger partial charge in [-0.25, -0.2) is 0 Å². The fourth-order valence-electron chi connectivity index (χ4n) is 1.58. The molecule has 0 fully saturated rings. The van der Waals surface area contributed by atoms with Crippen molar-refractivity contribution in [2.45, 2.75) is 12.5 Å². The molecule has 0 bridgehead atoms. The molecule has 5 heteroatoms. The summed E-state index contributed by atoms with van der Waals surface area (Å²) >= 11 is 11.9. The highest BCUT2D eigenvalue weighted by atomic mass is 35.5. The third-order valence-electron chi connectivity index (χ3n) is 2.24. The van der Waals surface area contributed by atoms with Crippen LogP contribution >= 0.6 is 35.6 Å². The van der Waals surface area contributed by atoms with Crippen LogP contribution in [0, 0.1) is 0 Å². The van der Waals surface area contributed by atoms with Crippen LogP contribution in [0.3, 0.4) is 0 Å². The van der Waals surface area contributed by atoms with E-state index in [1.54, 1.807) is 6.07 Å². The number of hydrogen-bond acceptors (Lipinski definition) is 2. The van der Waals surface area contributed by atoms with E-state index in [0.29, 0.717) is 10.0 Å². The molecule has 0 amide bonds. The fraction of sp³-hybridized carbons (Fsp3) is 0.333. The largest absolute Gasteiger partial charge is 0.383 e. The Kier molecular flexibility index (Phi) is 3.90. The summed E-state index contributed by atoms with van der Waals surface area (Å²) in [7, 11) is 0. The predicted molar refractivity (Wildman–Crippen MR) is 63.7 cm³/mol. The standard InChI is InChI=1S/C9H10Cl2N2.ClH/c10-5-3-6-8(12)1-2-13-9(6)7(11)4-5;/h3-4,8,13H,1-2,12H2;1H/t8-;/m1./s1. The molecule has 1 aromatic rings. The monoisotopic (exact) mass is 252 g/mol. The molecule has 0 radical (unpaired) electrons. The van der Waals surface area contributed by atoms with Crippen molar-refractivity contribution < 1.29 is 0 Å². The number of fused-ring (bicyclic) bond motifs is 1. The lowest BCUT2D eigenvalue weighted by atomic mass is 9.99. The van der Waals surface area contributed by atoms with Crippen molar-refractivity contribution >= 4 is 41.3 Å². The normalized spacial score (nSPS) is 19.2. The number of nitrogens with one attached hydrogen (secondary N) is 1. The van der Waals surface area contributed by atoms with E-state index in [4.69, 9.17) is 28.9 Å². The van der Waals surface area contributed by atoms with E-state index >= 15 is 0 Å². The van der Waals surface area contributed by atoms with E-state index in [9.17, 15) is 0 Å². The van der Waals surface area contributed by atoms with Gasteiger partial charge in [-0.05, 0) is 24.1 Å². The Morgan fingerprint density at radius 1 is 1.36 bits per heavy atom. The molecule has 14 heavy (non-hydrogen) atoms. The lowest BCUT2D eigenvalue weighted by Gasteiger charge is -2.24. The molecule has 1 aliphatic rings. The van der Waals surface area contributed by atoms with Gasteiger partial charge in [0.1, 0.15) is 0 Å². The molecular formula is C9H11Cl3N2. The van der Waals surface area contributed by atoms with Crippen molar-refractivity contribution in [3.8, 4) is 0 Å². The van der Waals surface area contributed by atoms with Crippen LogP contribution in [0.5, 0.6) is 0 Å². The molecule has 0 unspecified atom stereocenters. The predicted octanol–water partition coefficient (Wildman–Crippen LogP) is 3.23. The first-order chi connectivity index (χ1) is 6.18. The van der Waals surface area contributed by atoms with E-state index in [0.717, 1.165) is 24.2 Å². The molecule has 2 nitrogen and oxygen atoms in total. The van der Waals surface area contributed by atoms with Crippen molar-refractivity contribution in [2.24, 2.45) is 5.73 Å². The van der Waals surface area contributed by atoms with Crippen LogP contribution < -0.4 is 11.1 Å². The first kappa shape index (κ1) is 11.9. The van der Waals surface area contributed by atoms with Gasteiger partial charge in [-0.15, -0.1) is 12.4 Å². The summed E-state index contributed by atoms with van der Waals surface area (Å²) in [6.07, 6.45) is 0.920. The zero-order valence-electron chi connectivity index (χ0n) is 7.39. The van der Waals surface area contributed by atoms with Crippen LogP contribution in [0.4, 0.5) is 5.69 Å². The Hall–Kier alpha value is -0.150. The second-order valence-corrected chi connectivity index (χ2v) is 4.02. The minimum absolute atomic E-state index is 0. The van der Waals surface area contributed by atoms with Crippen molar-refractivity contribution in [1.82, 2.24) is 0 Å². The van der Waals surface area contributed by atoms with Gasteiger partial charge in [-0.1, -0.05) is 23.2 Å². The number of rotatable bonds is 0. The van der Waals surface area contributed by atoms with Gasteiger partial charge in [0.05, 0.1) is 10.7 Å². The number of halogens is 3. The molecule has 1 aliphatic heterocycles. The first-order valence-corrected chi connectivity index (χ1v) is 4.92.